The van der Waals surface area contributed by atoms with Gasteiger partial charge in [-0.25, -0.2) is 4.79 Å². The molecular formula is C29H33NO7S. The van der Waals surface area contributed by atoms with Gasteiger partial charge < -0.3 is 18.8 Å². The first-order valence-corrected chi connectivity index (χ1v) is 14.0. The molecule has 6 rings (SSSR count). The third kappa shape index (κ3) is 3.09. The van der Waals surface area contributed by atoms with Gasteiger partial charge in [-0.15, -0.1) is 0 Å². The zero-order chi connectivity index (χ0) is 27.3. The first kappa shape index (κ1) is 25.6. The number of carbonyl (C=O) groups excluding carboxylic acids is 4. The van der Waals surface area contributed by atoms with Crippen molar-refractivity contribution in [1.82, 2.24) is 4.90 Å². The zero-order valence-corrected chi connectivity index (χ0v) is 23.1. The van der Waals surface area contributed by atoms with Crippen molar-refractivity contribution in [2.45, 2.75) is 63.8 Å². The summed E-state index contributed by atoms with van der Waals surface area (Å²) in [5.41, 5.74) is -2.04. The SMILES string of the molecule is C[C@@H]1CC2C3CC=C4CC(=O)C=C[C@]4(C)[C@@]34O[C@H]4C[C@]2(C)[C@@]1(OC(=O)c1ccco1)C(=O)SC(=O)N(C)C. The minimum atomic E-state index is -1.54. The molecule has 1 aliphatic heterocycles. The number of ketones is 1. The Labute approximate surface area is 226 Å². The number of ether oxygens (including phenoxy) is 2. The lowest BCUT2D eigenvalue weighted by molar-refractivity contribution is -0.155. The normalized spacial score (nSPS) is 42.2. The third-order valence-corrected chi connectivity index (χ3v) is 11.3. The molecule has 4 aliphatic carbocycles. The van der Waals surface area contributed by atoms with Crippen molar-refractivity contribution in [2.24, 2.45) is 28.6 Å². The summed E-state index contributed by atoms with van der Waals surface area (Å²) in [6.45, 7) is 6.14. The Morgan fingerprint density at radius 1 is 1.18 bits per heavy atom. The number of amides is 1. The van der Waals surface area contributed by atoms with E-state index in [0.29, 0.717) is 31.0 Å². The van der Waals surface area contributed by atoms with Gasteiger partial charge in [0.1, 0.15) is 5.60 Å². The first-order chi connectivity index (χ1) is 17.9. The van der Waals surface area contributed by atoms with Gasteiger partial charge >= 0.3 is 5.97 Å². The molecule has 5 aliphatic rings. The quantitative estimate of drug-likeness (QED) is 0.306. The maximum absolute atomic E-state index is 14.2. The van der Waals surface area contributed by atoms with E-state index in [9.17, 15) is 19.2 Å². The number of allylic oxidation sites excluding steroid dienone is 2. The number of nitrogens with zero attached hydrogens (tertiary/aromatic N) is 1. The van der Waals surface area contributed by atoms with Gasteiger partial charge in [-0.05, 0) is 56.2 Å². The van der Waals surface area contributed by atoms with E-state index in [0.717, 1.165) is 12.0 Å². The molecule has 2 unspecified atom stereocenters. The van der Waals surface area contributed by atoms with Gasteiger partial charge in [0.15, 0.2) is 11.4 Å². The topological polar surface area (TPSA) is 106 Å². The Hall–Kier alpha value is -2.65. The standard InChI is InChI=1S/C29H33NO7S/c1-16-13-20-19-9-8-17-14-18(31)10-11-26(17,2)29(19)22(36-29)15-27(20,3)28(16,24(33)38-25(34)30(4)5)37-23(32)21-7-6-12-35-21/h6-8,10-12,16,19-20,22H,9,13-15H2,1-5H3/t16-,19?,20?,22+,26+,27+,28+,29-/m1/s1. The van der Waals surface area contributed by atoms with E-state index in [1.807, 2.05) is 19.9 Å². The second-order valence-corrected chi connectivity index (χ2v) is 13.1. The number of esters is 1. The molecule has 3 fully saturated rings. The smallest absolute Gasteiger partial charge is 0.375 e. The predicted octanol–water partition coefficient (Wildman–Crippen LogP) is 4.80. The Bertz CT molecular complexity index is 1300. The van der Waals surface area contributed by atoms with E-state index < -0.39 is 38.4 Å². The monoisotopic (exact) mass is 539 g/mol. The van der Waals surface area contributed by atoms with Crippen molar-refractivity contribution in [3.63, 3.8) is 0 Å². The maximum Gasteiger partial charge on any atom is 0.375 e. The fourth-order valence-corrected chi connectivity index (χ4v) is 9.37. The van der Waals surface area contributed by atoms with Crippen LogP contribution in [0.2, 0.25) is 0 Å². The summed E-state index contributed by atoms with van der Waals surface area (Å²) in [5.74, 6) is -0.847. The lowest BCUT2D eigenvalue weighted by Gasteiger charge is -2.55. The van der Waals surface area contributed by atoms with Crippen LogP contribution in [0.25, 0.3) is 0 Å². The van der Waals surface area contributed by atoms with Gasteiger partial charge in [-0.3, -0.25) is 14.4 Å². The number of fused-ring (bicyclic) bond motifs is 3. The highest BCUT2D eigenvalue weighted by Crippen LogP contribution is 2.76. The minimum absolute atomic E-state index is 0.000289. The van der Waals surface area contributed by atoms with Crippen molar-refractivity contribution < 1.29 is 33.1 Å². The Morgan fingerprint density at radius 3 is 2.63 bits per heavy atom. The molecule has 0 aromatic carbocycles. The maximum atomic E-state index is 14.2. The van der Waals surface area contributed by atoms with Gasteiger partial charge in [0.05, 0.1) is 12.4 Å². The number of furan rings is 1. The van der Waals surface area contributed by atoms with Crippen LogP contribution in [0.15, 0.2) is 46.6 Å². The van der Waals surface area contributed by atoms with Gasteiger partial charge in [-0.2, -0.15) is 0 Å². The second-order valence-electron chi connectivity index (χ2n) is 12.2. The van der Waals surface area contributed by atoms with Crippen molar-refractivity contribution in [2.75, 3.05) is 14.1 Å². The lowest BCUT2D eigenvalue weighted by Crippen LogP contribution is -2.62. The van der Waals surface area contributed by atoms with E-state index in [2.05, 4.69) is 13.0 Å². The molecule has 1 amide bonds. The van der Waals surface area contributed by atoms with Gasteiger partial charge in [0.25, 0.3) is 5.24 Å². The molecule has 202 valence electrons. The molecular weight excluding hydrogens is 506 g/mol. The third-order valence-electron chi connectivity index (χ3n) is 10.3. The van der Waals surface area contributed by atoms with Gasteiger partial charge in [-0.1, -0.05) is 31.6 Å². The number of hydrogen-bond acceptors (Lipinski definition) is 8. The minimum Gasteiger partial charge on any atom is -0.457 e. The molecule has 1 aromatic rings. The van der Waals surface area contributed by atoms with E-state index in [1.54, 1.807) is 26.2 Å². The van der Waals surface area contributed by atoms with E-state index in [-0.39, 0.29) is 35.4 Å². The Balaban J connectivity index is 1.43. The average Bonchev–Trinajstić information content (AvgIpc) is 3.22. The number of hydrogen-bond donors (Lipinski definition) is 0. The van der Waals surface area contributed by atoms with Crippen LogP contribution in [0.5, 0.6) is 0 Å². The molecule has 1 aromatic heterocycles. The molecule has 2 saturated carbocycles. The summed E-state index contributed by atoms with van der Waals surface area (Å²) >= 11 is 0.600. The zero-order valence-electron chi connectivity index (χ0n) is 22.3. The molecule has 0 bridgehead atoms. The van der Waals surface area contributed by atoms with Gasteiger partial charge in [0, 0.05) is 49.0 Å². The number of carbonyl (C=O) groups is 4. The Kier molecular flexibility index (Phi) is 5.51. The molecule has 38 heavy (non-hydrogen) atoms. The fraction of sp³-hybridized carbons (Fsp3) is 0.586. The van der Waals surface area contributed by atoms with Gasteiger partial charge in [0.2, 0.25) is 10.9 Å². The summed E-state index contributed by atoms with van der Waals surface area (Å²) in [6.07, 6.45) is 9.41. The molecule has 8 nitrogen and oxygen atoms in total. The second kappa shape index (κ2) is 8.18. The summed E-state index contributed by atoms with van der Waals surface area (Å²) in [5, 5.41) is -0.867. The number of thioether (sulfide) groups is 1. The van der Waals surface area contributed by atoms with Crippen LogP contribution in [0.4, 0.5) is 4.79 Å². The van der Waals surface area contributed by atoms with Crippen molar-refractivity contribution in [3.8, 4) is 0 Å². The van der Waals surface area contributed by atoms with E-state index in [1.165, 1.54) is 17.2 Å². The number of epoxide rings is 1. The molecule has 8 atom stereocenters. The van der Waals surface area contributed by atoms with Crippen LogP contribution in [0.3, 0.4) is 0 Å². The van der Waals surface area contributed by atoms with Crippen LogP contribution in [-0.4, -0.2) is 58.4 Å². The largest absolute Gasteiger partial charge is 0.457 e. The molecule has 2 heterocycles. The van der Waals surface area contributed by atoms with Crippen LogP contribution in [0, 0.1) is 28.6 Å². The molecule has 1 spiro atoms. The lowest BCUT2D eigenvalue weighted by atomic mass is 9.47. The summed E-state index contributed by atoms with van der Waals surface area (Å²) < 4.78 is 18.2. The van der Waals surface area contributed by atoms with Crippen molar-refractivity contribution in [1.29, 1.82) is 0 Å². The highest BCUT2D eigenvalue weighted by molar-refractivity contribution is 8.26. The molecule has 9 heteroatoms. The van der Waals surface area contributed by atoms with Crippen LogP contribution in [-0.2, 0) is 19.1 Å². The first-order valence-electron chi connectivity index (χ1n) is 13.2. The van der Waals surface area contributed by atoms with Crippen LogP contribution < -0.4 is 0 Å². The highest BCUT2D eigenvalue weighted by Gasteiger charge is 2.83. The predicted molar refractivity (Wildman–Crippen MR) is 139 cm³/mol. The average molecular weight is 540 g/mol. The van der Waals surface area contributed by atoms with Crippen molar-refractivity contribution in [3.05, 3.63) is 48.0 Å². The molecule has 0 radical (unpaired) electrons. The fourth-order valence-electron chi connectivity index (χ4n) is 8.41. The molecule has 1 saturated heterocycles. The number of rotatable bonds is 3. The van der Waals surface area contributed by atoms with Crippen molar-refractivity contribution >= 4 is 33.9 Å². The summed E-state index contributed by atoms with van der Waals surface area (Å²) in [4.78, 5) is 53.8. The Morgan fingerprint density at radius 2 is 1.95 bits per heavy atom. The summed E-state index contributed by atoms with van der Waals surface area (Å²) in [7, 11) is 3.18. The van der Waals surface area contributed by atoms with Crippen LogP contribution >= 0.6 is 11.8 Å². The van der Waals surface area contributed by atoms with Crippen LogP contribution in [0.1, 0.15) is 57.0 Å². The highest BCUT2D eigenvalue weighted by atomic mass is 32.2. The summed E-state index contributed by atoms with van der Waals surface area (Å²) in [6, 6.07) is 3.11. The van der Waals surface area contributed by atoms with E-state index in [4.69, 9.17) is 13.9 Å². The molecule has 0 N–H and O–H groups in total. The van der Waals surface area contributed by atoms with E-state index >= 15 is 0 Å².